The third-order valence-electron chi connectivity index (χ3n) is 8.25. The molecule has 0 aromatic rings. The van der Waals surface area contributed by atoms with Crippen LogP contribution in [-0.4, -0.2) is 35.7 Å². The van der Waals surface area contributed by atoms with Gasteiger partial charge in [-0.1, -0.05) is 19.4 Å². The molecule has 0 saturated heterocycles. The summed E-state index contributed by atoms with van der Waals surface area (Å²) in [5, 5.41) is 0. The zero-order valence-corrected chi connectivity index (χ0v) is 17.7. The van der Waals surface area contributed by atoms with Crippen molar-refractivity contribution < 1.29 is 28.7 Å². The zero-order valence-electron chi connectivity index (χ0n) is 17.7. The van der Waals surface area contributed by atoms with Gasteiger partial charge in [0.05, 0.1) is 0 Å². The molecule has 7 atom stereocenters. The van der Waals surface area contributed by atoms with Gasteiger partial charge in [-0.05, 0) is 55.4 Å². The second kappa shape index (κ2) is 6.78. The highest BCUT2D eigenvalue weighted by Gasteiger charge is 2.64. The van der Waals surface area contributed by atoms with E-state index >= 15 is 0 Å². The van der Waals surface area contributed by atoms with Crippen molar-refractivity contribution in [3.05, 3.63) is 11.6 Å². The summed E-state index contributed by atoms with van der Waals surface area (Å²) >= 11 is 0. The summed E-state index contributed by atoms with van der Waals surface area (Å²) in [7, 11) is 0. The van der Waals surface area contributed by atoms with Gasteiger partial charge in [-0.25, -0.2) is 0 Å². The minimum absolute atomic E-state index is 0.0255. The van der Waals surface area contributed by atoms with E-state index in [1.165, 1.54) is 13.8 Å². The van der Waals surface area contributed by atoms with Gasteiger partial charge in [0.15, 0.2) is 17.7 Å². The summed E-state index contributed by atoms with van der Waals surface area (Å²) in [6.45, 7) is 6.93. The van der Waals surface area contributed by atoms with E-state index in [1.807, 2.05) is 6.92 Å². The molecule has 0 heterocycles. The molecule has 3 fully saturated rings. The van der Waals surface area contributed by atoms with Gasteiger partial charge < -0.3 is 9.47 Å². The lowest BCUT2D eigenvalue weighted by atomic mass is 9.48. The number of allylic oxidation sites excluding steroid dienone is 1. The number of carbonyl (C=O) groups excluding carboxylic acids is 4. The molecule has 6 nitrogen and oxygen atoms in total. The third kappa shape index (κ3) is 3.06. The van der Waals surface area contributed by atoms with E-state index in [4.69, 9.17) is 9.47 Å². The Hall–Kier alpha value is -1.98. The highest BCUT2D eigenvalue weighted by molar-refractivity contribution is 5.98. The molecule has 158 valence electrons. The van der Waals surface area contributed by atoms with E-state index < -0.39 is 17.5 Å². The summed E-state index contributed by atoms with van der Waals surface area (Å²) in [6, 6.07) is 0. The molecule has 0 bridgehead atoms. The number of hydrogen-bond donors (Lipinski definition) is 0. The van der Waals surface area contributed by atoms with E-state index in [1.54, 1.807) is 6.08 Å². The summed E-state index contributed by atoms with van der Waals surface area (Å²) in [5.74, 6) is -0.803. The Morgan fingerprint density at radius 3 is 2.28 bits per heavy atom. The second-order valence-corrected chi connectivity index (χ2v) is 9.86. The van der Waals surface area contributed by atoms with E-state index in [0.29, 0.717) is 12.8 Å². The van der Waals surface area contributed by atoms with Crippen molar-refractivity contribution in [1.29, 1.82) is 0 Å². The fourth-order valence-electron chi connectivity index (χ4n) is 6.78. The van der Waals surface area contributed by atoms with Crippen LogP contribution in [0.4, 0.5) is 0 Å². The van der Waals surface area contributed by atoms with Crippen LogP contribution in [0.3, 0.4) is 0 Å². The first-order chi connectivity index (χ1) is 13.6. The minimum atomic E-state index is -0.730. The van der Waals surface area contributed by atoms with E-state index in [9.17, 15) is 19.2 Å². The van der Waals surface area contributed by atoms with Gasteiger partial charge in [0.2, 0.25) is 0 Å². The molecule has 6 unspecified atom stereocenters. The highest BCUT2D eigenvalue weighted by atomic mass is 16.5. The molecule has 0 aliphatic heterocycles. The fraction of sp³-hybridized carbons (Fsp3) is 0.739. The predicted molar refractivity (Wildman–Crippen MR) is 104 cm³/mol. The lowest BCUT2D eigenvalue weighted by Crippen LogP contribution is -2.53. The Morgan fingerprint density at radius 2 is 1.62 bits per heavy atom. The standard InChI is InChI=1S/C23H30O6/c1-12(24)28-15-5-7-22(3)14(9-15)10-18(26)20-16(22)6-8-23(4)17(20)11-19(21(23)27)29-13(2)25/h10,15-17,19-20H,5-9,11H2,1-4H3/t15?,16?,17?,19-,20?,22?,23?/m1/s1. The van der Waals surface area contributed by atoms with Gasteiger partial charge >= 0.3 is 11.9 Å². The average molecular weight is 402 g/mol. The first kappa shape index (κ1) is 20.3. The molecule has 0 amide bonds. The number of fused-ring (bicyclic) bond motifs is 5. The molecular formula is C23H30O6. The number of ketones is 2. The first-order valence-electron chi connectivity index (χ1n) is 10.7. The first-order valence-corrected chi connectivity index (χ1v) is 10.7. The fourth-order valence-corrected chi connectivity index (χ4v) is 6.78. The van der Waals surface area contributed by atoms with Crippen LogP contribution in [0.5, 0.6) is 0 Å². The maximum absolute atomic E-state index is 13.3. The Balaban J connectivity index is 1.65. The van der Waals surface area contributed by atoms with Gasteiger partial charge in [-0.3, -0.25) is 19.2 Å². The normalized spacial score (nSPS) is 43.6. The van der Waals surface area contributed by atoms with Gasteiger partial charge in [0, 0.05) is 31.6 Å². The Kier molecular flexibility index (Phi) is 4.74. The van der Waals surface area contributed by atoms with Crippen LogP contribution < -0.4 is 0 Å². The molecule has 0 aromatic heterocycles. The van der Waals surface area contributed by atoms with Crippen LogP contribution >= 0.6 is 0 Å². The third-order valence-corrected chi connectivity index (χ3v) is 8.25. The molecule has 0 N–H and O–H groups in total. The van der Waals surface area contributed by atoms with Crippen LogP contribution in [0, 0.1) is 28.6 Å². The number of carbonyl (C=O) groups is 4. The van der Waals surface area contributed by atoms with Crippen molar-refractivity contribution in [3.8, 4) is 0 Å². The zero-order chi connectivity index (χ0) is 21.1. The lowest BCUT2D eigenvalue weighted by molar-refractivity contribution is -0.154. The van der Waals surface area contributed by atoms with Crippen LogP contribution in [0.2, 0.25) is 0 Å². The van der Waals surface area contributed by atoms with Crippen molar-refractivity contribution in [3.63, 3.8) is 0 Å². The Labute approximate surface area is 171 Å². The molecule has 0 spiro atoms. The number of hydrogen-bond acceptors (Lipinski definition) is 6. The molecule has 3 saturated carbocycles. The van der Waals surface area contributed by atoms with E-state index in [0.717, 1.165) is 31.3 Å². The smallest absolute Gasteiger partial charge is 0.303 e. The largest absolute Gasteiger partial charge is 0.462 e. The van der Waals surface area contributed by atoms with Crippen LogP contribution in [0.15, 0.2) is 11.6 Å². The molecular weight excluding hydrogens is 372 g/mol. The Morgan fingerprint density at radius 1 is 0.966 bits per heavy atom. The molecule has 4 aliphatic carbocycles. The molecule has 4 aliphatic rings. The van der Waals surface area contributed by atoms with Crippen molar-refractivity contribution in [2.75, 3.05) is 0 Å². The van der Waals surface area contributed by atoms with Crippen molar-refractivity contribution in [2.24, 2.45) is 28.6 Å². The molecule has 6 heteroatoms. The summed E-state index contributed by atoms with van der Waals surface area (Å²) < 4.78 is 10.7. The SMILES string of the molecule is CC(=O)OC1CCC2(C)C(=CC(=O)C3C4C[C@@H](OC(C)=O)C(=O)C4(C)CCC32)C1. The van der Waals surface area contributed by atoms with Crippen molar-refractivity contribution in [1.82, 2.24) is 0 Å². The molecule has 29 heavy (non-hydrogen) atoms. The topological polar surface area (TPSA) is 86.7 Å². The summed E-state index contributed by atoms with van der Waals surface area (Å²) in [6.07, 6.45) is 5.13. The molecule has 4 rings (SSSR count). The average Bonchev–Trinajstić information content (AvgIpc) is 2.87. The van der Waals surface area contributed by atoms with Crippen molar-refractivity contribution >= 4 is 23.5 Å². The summed E-state index contributed by atoms with van der Waals surface area (Å²) in [4.78, 5) is 49.1. The minimum Gasteiger partial charge on any atom is -0.462 e. The summed E-state index contributed by atoms with van der Waals surface area (Å²) in [5.41, 5.74) is 0.373. The van der Waals surface area contributed by atoms with Gasteiger partial charge in [0.1, 0.15) is 6.10 Å². The lowest BCUT2D eigenvalue weighted by Gasteiger charge is -2.55. The van der Waals surface area contributed by atoms with Crippen LogP contribution in [-0.2, 0) is 28.7 Å². The number of ether oxygens (including phenoxy) is 2. The number of Topliss-reactive ketones (excluding diaryl/α,β-unsaturated/α-hetero) is 1. The number of esters is 2. The predicted octanol–water partition coefficient (Wildman–Crippen LogP) is 3.17. The monoisotopic (exact) mass is 402 g/mol. The second-order valence-electron chi connectivity index (χ2n) is 9.86. The van der Waals surface area contributed by atoms with Crippen molar-refractivity contribution in [2.45, 2.75) is 78.4 Å². The van der Waals surface area contributed by atoms with Crippen LogP contribution in [0.1, 0.15) is 66.2 Å². The molecule has 0 radical (unpaired) electrons. The van der Waals surface area contributed by atoms with Crippen LogP contribution in [0.25, 0.3) is 0 Å². The molecule has 0 aromatic carbocycles. The maximum atomic E-state index is 13.3. The van der Waals surface area contributed by atoms with Gasteiger partial charge in [-0.15, -0.1) is 0 Å². The van der Waals surface area contributed by atoms with E-state index in [2.05, 4.69) is 6.92 Å². The van der Waals surface area contributed by atoms with Gasteiger partial charge in [0.25, 0.3) is 0 Å². The quantitative estimate of drug-likeness (QED) is 0.660. The van der Waals surface area contributed by atoms with E-state index in [-0.39, 0.29) is 46.8 Å². The van der Waals surface area contributed by atoms with Gasteiger partial charge in [-0.2, -0.15) is 0 Å². The maximum Gasteiger partial charge on any atom is 0.303 e. The highest BCUT2D eigenvalue weighted by Crippen LogP contribution is 2.63. The Bertz CT molecular complexity index is 812. The number of rotatable bonds is 2.